The van der Waals surface area contributed by atoms with Crippen LogP contribution in [-0.4, -0.2) is 16.5 Å². The fourth-order valence-electron chi connectivity index (χ4n) is 1.79. The van der Waals surface area contributed by atoms with Gasteiger partial charge in [-0.25, -0.2) is 9.97 Å². The molecule has 0 saturated heterocycles. The van der Waals surface area contributed by atoms with Crippen LogP contribution in [0.3, 0.4) is 0 Å². The molecule has 21 heavy (non-hydrogen) atoms. The summed E-state index contributed by atoms with van der Waals surface area (Å²) >= 11 is 2.21. The van der Waals surface area contributed by atoms with Crippen molar-refractivity contribution in [1.82, 2.24) is 9.97 Å². The van der Waals surface area contributed by atoms with Gasteiger partial charge in [0.25, 0.3) is 0 Å². The third kappa shape index (κ3) is 3.33. The Morgan fingerprint density at radius 3 is 2.67 bits per heavy atom. The summed E-state index contributed by atoms with van der Waals surface area (Å²) in [5.41, 5.74) is 0.950. The van der Waals surface area contributed by atoms with E-state index in [0.717, 1.165) is 21.4 Å². The first-order chi connectivity index (χ1) is 10.0. The van der Waals surface area contributed by atoms with Crippen molar-refractivity contribution in [1.29, 1.82) is 0 Å². The van der Waals surface area contributed by atoms with Gasteiger partial charge in [-0.3, -0.25) is 0 Å². The van der Waals surface area contributed by atoms with Crippen LogP contribution in [0, 0.1) is 0 Å². The maximum atomic E-state index is 12.4. The van der Waals surface area contributed by atoms with Crippen LogP contribution >= 0.6 is 22.7 Å². The number of fused-ring (bicyclic) bond motifs is 1. The largest absolute Gasteiger partial charge is 0.427 e. The molecule has 0 aliphatic carbocycles. The summed E-state index contributed by atoms with van der Waals surface area (Å²) < 4.78 is 38.4. The molecule has 3 aromatic rings. The van der Waals surface area contributed by atoms with Crippen LogP contribution in [0.25, 0.3) is 10.2 Å². The normalized spacial score (nSPS) is 12.0. The first kappa shape index (κ1) is 14.3. The first-order valence-electron chi connectivity index (χ1n) is 6.14. The predicted molar refractivity (Wildman–Crippen MR) is 78.9 cm³/mol. The molecule has 1 aromatic carbocycles. The summed E-state index contributed by atoms with van der Waals surface area (Å²) in [6.45, 7) is 0.505. The number of para-hydroxylation sites is 1. The molecule has 1 N–H and O–H groups in total. The van der Waals surface area contributed by atoms with Gasteiger partial charge in [-0.15, -0.1) is 11.3 Å². The highest BCUT2D eigenvalue weighted by Crippen LogP contribution is 2.35. The number of aromatic nitrogens is 2. The van der Waals surface area contributed by atoms with Gasteiger partial charge in [-0.05, 0) is 12.1 Å². The summed E-state index contributed by atoms with van der Waals surface area (Å²) in [7, 11) is 0. The maximum absolute atomic E-state index is 12.4. The molecule has 0 aliphatic heterocycles. The molecule has 0 saturated carbocycles. The lowest BCUT2D eigenvalue weighted by molar-refractivity contribution is -0.134. The molecule has 2 aromatic heterocycles. The van der Waals surface area contributed by atoms with Gasteiger partial charge in [0.2, 0.25) is 0 Å². The Morgan fingerprint density at radius 2 is 1.95 bits per heavy atom. The minimum atomic E-state index is -4.33. The number of alkyl halides is 3. The molecular formula is C13H10F3N3S2. The summed E-state index contributed by atoms with van der Waals surface area (Å²) in [6.07, 6.45) is -2.82. The van der Waals surface area contributed by atoms with E-state index in [-0.39, 0.29) is 5.13 Å². The Labute approximate surface area is 126 Å². The number of nitrogens with zero attached hydrogens (tertiary/aromatic N) is 2. The summed E-state index contributed by atoms with van der Waals surface area (Å²) in [4.78, 5) is 7.51. The molecule has 0 unspecified atom stereocenters. The molecule has 0 spiro atoms. The van der Waals surface area contributed by atoms with Gasteiger partial charge in [0.1, 0.15) is 4.88 Å². The standard InChI is InChI=1S/C13H10F3N3S2/c14-13(15,16)10-7-18-12(21-10)17-6-5-11-19-8-3-1-2-4-9(8)20-11/h1-4,7H,5-6H2,(H,17,18). The van der Waals surface area contributed by atoms with E-state index < -0.39 is 11.1 Å². The van der Waals surface area contributed by atoms with E-state index >= 15 is 0 Å². The molecule has 2 heterocycles. The van der Waals surface area contributed by atoms with Crippen molar-refractivity contribution in [2.75, 3.05) is 11.9 Å². The Balaban J connectivity index is 1.59. The number of nitrogens with one attached hydrogen (secondary N) is 1. The van der Waals surface area contributed by atoms with E-state index in [1.807, 2.05) is 24.3 Å². The van der Waals surface area contributed by atoms with Crippen LogP contribution in [0.2, 0.25) is 0 Å². The van der Waals surface area contributed by atoms with Gasteiger partial charge in [0, 0.05) is 13.0 Å². The Kier molecular flexibility index (Phi) is 3.81. The topological polar surface area (TPSA) is 37.8 Å². The summed E-state index contributed by atoms with van der Waals surface area (Å²) in [5.74, 6) is 0. The lowest BCUT2D eigenvalue weighted by Gasteiger charge is -2.01. The zero-order chi connectivity index (χ0) is 14.9. The first-order valence-corrected chi connectivity index (χ1v) is 7.77. The minimum absolute atomic E-state index is 0.281. The number of thiazole rings is 2. The van der Waals surface area contributed by atoms with Crippen LogP contribution in [-0.2, 0) is 12.6 Å². The Morgan fingerprint density at radius 1 is 1.14 bits per heavy atom. The van der Waals surface area contributed by atoms with Crippen molar-refractivity contribution in [2.45, 2.75) is 12.6 Å². The zero-order valence-electron chi connectivity index (χ0n) is 10.6. The number of rotatable bonds is 4. The smallest absolute Gasteiger partial charge is 0.361 e. The van der Waals surface area contributed by atoms with E-state index in [9.17, 15) is 13.2 Å². The lowest BCUT2D eigenvalue weighted by atomic mass is 10.3. The molecule has 0 amide bonds. The minimum Gasteiger partial charge on any atom is -0.361 e. The van der Waals surface area contributed by atoms with Crippen LogP contribution in [0.5, 0.6) is 0 Å². The number of hydrogen-bond acceptors (Lipinski definition) is 5. The second-order valence-electron chi connectivity index (χ2n) is 4.28. The third-order valence-electron chi connectivity index (χ3n) is 2.74. The molecule has 8 heteroatoms. The molecule has 3 nitrogen and oxygen atoms in total. The van der Waals surface area contributed by atoms with Crippen molar-refractivity contribution in [3.63, 3.8) is 0 Å². The van der Waals surface area contributed by atoms with Gasteiger partial charge < -0.3 is 5.32 Å². The average molecular weight is 329 g/mol. The van der Waals surface area contributed by atoms with Crippen molar-refractivity contribution in [3.8, 4) is 0 Å². The number of halogens is 3. The monoisotopic (exact) mass is 329 g/mol. The van der Waals surface area contributed by atoms with Gasteiger partial charge in [-0.2, -0.15) is 13.2 Å². The second-order valence-corrected chi connectivity index (χ2v) is 6.43. The number of benzene rings is 1. The van der Waals surface area contributed by atoms with Gasteiger partial charge >= 0.3 is 6.18 Å². The average Bonchev–Trinajstić information content (AvgIpc) is 3.03. The molecule has 0 bridgehead atoms. The molecular weight excluding hydrogens is 319 g/mol. The summed E-state index contributed by atoms with van der Waals surface area (Å²) in [6, 6.07) is 7.83. The van der Waals surface area contributed by atoms with Gasteiger partial charge in [-0.1, -0.05) is 23.5 Å². The zero-order valence-corrected chi connectivity index (χ0v) is 12.3. The SMILES string of the molecule is FC(F)(F)c1cnc(NCCc2nc3ccccc3s2)s1. The predicted octanol–water partition coefficient (Wildman–Crippen LogP) is 4.43. The molecule has 0 atom stereocenters. The van der Waals surface area contributed by atoms with E-state index in [0.29, 0.717) is 24.3 Å². The van der Waals surface area contributed by atoms with Crippen LogP contribution in [0.4, 0.5) is 18.3 Å². The van der Waals surface area contributed by atoms with Gasteiger partial charge in [0.05, 0.1) is 21.4 Å². The summed E-state index contributed by atoms with van der Waals surface area (Å²) in [5, 5.41) is 4.14. The fourth-order valence-corrected chi connectivity index (χ4v) is 3.47. The molecule has 0 fully saturated rings. The number of hydrogen-bond donors (Lipinski definition) is 1. The van der Waals surface area contributed by atoms with E-state index in [1.54, 1.807) is 11.3 Å². The highest BCUT2D eigenvalue weighted by Gasteiger charge is 2.33. The van der Waals surface area contributed by atoms with Crippen LogP contribution < -0.4 is 5.32 Å². The second kappa shape index (κ2) is 5.61. The van der Waals surface area contributed by atoms with E-state index in [1.165, 1.54) is 0 Å². The molecule has 0 aliphatic rings. The van der Waals surface area contributed by atoms with E-state index in [4.69, 9.17) is 0 Å². The number of anilines is 1. The Hall–Kier alpha value is -1.67. The molecule has 0 radical (unpaired) electrons. The highest BCUT2D eigenvalue weighted by molar-refractivity contribution is 7.18. The van der Waals surface area contributed by atoms with Crippen LogP contribution in [0.15, 0.2) is 30.5 Å². The Bertz CT molecular complexity index is 715. The third-order valence-corrected chi connectivity index (χ3v) is 4.83. The van der Waals surface area contributed by atoms with Crippen molar-refractivity contribution in [3.05, 3.63) is 40.3 Å². The van der Waals surface area contributed by atoms with E-state index in [2.05, 4.69) is 15.3 Å². The fraction of sp³-hybridized carbons (Fsp3) is 0.231. The van der Waals surface area contributed by atoms with Crippen LogP contribution in [0.1, 0.15) is 9.88 Å². The van der Waals surface area contributed by atoms with Gasteiger partial charge in [0.15, 0.2) is 5.13 Å². The van der Waals surface area contributed by atoms with Crippen molar-refractivity contribution < 1.29 is 13.2 Å². The van der Waals surface area contributed by atoms with Crippen molar-refractivity contribution in [2.24, 2.45) is 0 Å². The molecule has 110 valence electrons. The molecule has 3 rings (SSSR count). The highest BCUT2D eigenvalue weighted by atomic mass is 32.1. The quantitative estimate of drug-likeness (QED) is 0.769. The lowest BCUT2D eigenvalue weighted by Crippen LogP contribution is -2.04. The maximum Gasteiger partial charge on any atom is 0.427 e. The van der Waals surface area contributed by atoms with Crippen molar-refractivity contribution >= 4 is 38.0 Å².